The van der Waals surface area contributed by atoms with Crippen LogP contribution >= 0.6 is 46.4 Å². The fraction of sp³-hybridized carbons (Fsp3) is 0.364. The molecule has 0 aliphatic heterocycles. The molecule has 0 heterocycles. The van der Waals surface area contributed by atoms with Crippen molar-refractivity contribution in [3.05, 3.63) is 150 Å². The predicted octanol–water partition coefficient (Wildman–Crippen LogP) is 13.9. The van der Waals surface area contributed by atoms with E-state index in [2.05, 4.69) is 152 Å². The van der Waals surface area contributed by atoms with E-state index >= 15 is 0 Å². The summed E-state index contributed by atoms with van der Waals surface area (Å²) in [5, 5.41) is 5.17. The maximum Gasteiger partial charge on any atom is 0.0815 e. The van der Waals surface area contributed by atoms with E-state index in [9.17, 15) is 0 Å². The fourth-order valence-corrected chi connectivity index (χ4v) is 19.0. The van der Waals surface area contributed by atoms with Crippen molar-refractivity contribution in [1.29, 1.82) is 0 Å². The third-order valence-corrected chi connectivity index (χ3v) is 19.4. The molecule has 0 N–H and O–H groups in total. The molecule has 0 fully saturated rings. The molecule has 2 radical (unpaired) electrons. The molecule has 51 heavy (non-hydrogen) atoms. The Labute approximate surface area is 331 Å². The van der Waals surface area contributed by atoms with E-state index in [0.717, 1.165) is 54.4 Å². The zero-order valence-corrected chi connectivity index (χ0v) is 37.7. The third kappa shape index (κ3) is 6.88. The van der Waals surface area contributed by atoms with Crippen LogP contribution in [0.25, 0.3) is 0 Å². The summed E-state index contributed by atoms with van der Waals surface area (Å²) >= 11 is 28.1. The number of hydrogen-bond donors (Lipinski definition) is 0. The Morgan fingerprint density at radius 3 is 1.20 bits per heavy atom. The van der Waals surface area contributed by atoms with Crippen LogP contribution in [-0.4, -0.2) is 25.7 Å². The molecule has 0 nitrogen and oxygen atoms in total. The average Bonchev–Trinajstić information content (AvgIpc) is 3.22. The van der Waals surface area contributed by atoms with Crippen LogP contribution in [0.1, 0.15) is 63.5 Å². The Morgan fingerprint density at radius 2 is 0.902 bits per heavy atom. The second-order valence-electron chi connectivity index (χ2n) is 16.8. The molecule has 7 heteroatoms. The molecule has 266 valence electrons. The normalized spacial score (nSPS) is 26.0. The van der Waals surface area contributed by atoms with Gasteiger partial charge in [-0.3, -0.25) is 0 Å². The maximum absolute atomic E-state index is 7.02. The highest BCUT2D eigenvalue weighted by Gasteiger charge is 2.49. The van der Waals surface area contributed by atoms with E-state index in [1.165, 1.54) is 33.4 Å². The Morgan fingerprint density at radius 1 is 0.569 bits per heavy atom. The molecule has 4 aliphatic rings. The molecule has 4 unspecified atom stereocenters. The van der Waals surface area contributed by atoms with Gasteiger partial charge in [0.25, 0.3) is 0 Å². The van der Waals surface area contributed by atoms with Crippen LogP contribution in [0.4, 0.5) is 0 Å². The van der Waals surface area contributed by atoms with Crippen molar-refractivity contribution in [2.75, 3.05) is 0 Å². The van der Waals surface area contributed by atoms with E-state index in [1.54, 1.807) is 0 Å². The number of halogens is 4. The van der Waals surface area contributed by atoms with E-state index in [4.69, 9.17) is 46.4 Å². The summed E-state index contributed by atoms with van der Waals surface area (Å²) in [5.41, 5.74) is 10.8. The van der Waals surface area contributed by atoms with Gasteiger partial charge in [-0.1, -0.05) is 185 Å². The maximum atomic E-state index is 7.02. The van der Waals surface area contributed by atoms with Gasteiger partial charge in [-0.2, -0.15) is 0 Å². The van der Waals surface area contributed by atoms with Crippen LogP contribution in [0.3, 0.4) is 0 Å². The summed E-state index contributed by atoms with van der Waals surface area (Å²) < 4.78 is 0. The van der Waals surface area contributed by atoms with Crippen LogP contribution in [0.15, 0.2) is 118 Å². The summed E-state index contributed by atoms with van der Waals surface area (Å²) in [7, 11) is -2.84. The number of rotatable bonds is 8. The largest absolute Gasteiger partial charge is 0.0844 e. The monoisotopic (exact) mass is 802 g/mol. The standard InChI is InChI=1S/C44H50Cl4Si3/c1-11-29-25-33-31(27-21-37(45)41(38(46)22-27)50(5,6)7)17-13-15-19-35(33)43(29,3)49-44(4)30(12-2)26-34-32(18-14-16-20-36(34)44)28-23-39(47)42(40(48)24-28)51(8,9)10/h13-26,31-32H,11-12H2,1-10H3. The second kappa shape index (κ2) is 14.1. The zero-order chi connectivity index (χ0) is 37.3. The molecule has 0 bridgehead atoms. The molecule has 0 amide bonds. The van der Waals surface area contributed by atoms with Gasteiger partial charge in [-0.25, -0.2) is 0 Å². The lowest BCUT2D eigenvalue weighted by molar-refractivity contribution is 0.732. The Hall–Kier alpha value is -1.83. The van der Waals surface area contributed by atoms with E-state index in [1.807, 2.05) is 0 Å². The van der Waals surface area contributed by atoms with E-state index < -0.39 is 16.1 Å². The van der Waals surface area contributed by atoms with E-state index in [0.29, 0.717) is 9.52 Å². The van der Waals surface area contributed by atoms with Crippen LogP contribution in [0.5, 0.6) is 0 Å². The summed E-state index contributed by atoms with van der Waals surface area (Å²) in [6, 6.07) is 8.70. The second-order valence-corrected chi connectivity index (χ2v) is 30.7. The van der Waals surface area contributed by atoms with Gasteiger partial charge in [0, 0.05) is 42.0 Å². The van der Waals surface area contributed by atoms with Gasteiger partial charge < -0.3 is 0 Å². The minimum Gasteiger partial charge on any atom is -0.0844 e. The first-order valence-electron chi connectivity index (χ1n) is 18.2. The topological polar surface area (TPSA) is 0 Å². The molecule has 2 aromatic carbocycles. The lowest BCUT2D eigenvalue weighted by atomic mass is 9.87. The number of hydrogen-bond acceptors (Lipinski definition) is 0. The molecular formula is C44H50Cl4Si3. The molecule has 4 aliphatic carbocycles. The van der Waals surface area contributed by atoms with Crippen LogP contribution in [-0.2, 0) is 0 Å². The molecule has 6 rings (SSSR count). The van der Waals surface area contributed by atoms with Crippen molar-refractivity contribution < 1.29 is 0 Å². The SMILES string of the molecule is CCC1=CC2=C(C=CC=CC2c2cc(Cl)c([Si](C)(C)C)c(Cl)c2)C1(C)[Si]C1(C)C(CC)=CC2=C1C=CC=CC2c1cc(Cl)c([Si](C)(C)C)c(Cl)c1. The van der Waals surface area contributed by atoms with Gasteiger partial charge >= 0.3 is 0 Å². The summed E-state index contributed by atoms with van der Waals surface area (Å²) in [6.07, 6.45) is 25.2. The lowest BCUT2D eigenvalue weighted by Crippen LogP contribution is -2.39. The van der Waals surface area contributed by atoms with E-state index in [-0.39, 0.29) is 21.9 Å². The first-order valence-corrected chi connectivity index (χ1v) is 27.8. The van der Waals surface area contributed by atoms with Gasteiger partial charge in [0.1, 0.15) is 0 Å². The molecule has 0 saturated carbocycles. The quantitative estimate of drug-likeness (QED) is 0.233. The molecule has 2 aromatic rings. The van der Waals surface area contributed by atoms with Crippen LogP contribution in [0, 0.1) is 0 Å². The van der Waals surface area contributed by atoms with Crippen molar-refractivity contribution in [3.8, 4) is 0 Å². The molecule has 4 atom stereocenters. The highest BCUT2D eigenvalue weighted by Crippen LogP contribution is 2.63. The summed E-state index contributed by atoms with van der Waals surface area (Å²) in [5.74, 6) is 0.141. The Bertz CT molecular complexity index is 1850. The van der Waals surface area contributed by atoms with Gasteiger partial charge in [0.15, 0.2) is 0 Å². The molecule has 0 aromatic heterocycles. The number of allylic oxidation sites excluding steroid dienone is 16. The predicted molar refractivity (Wildman–Crippen MR) is 234 cm³/mol. The minimum absolute atomic E-state index is 0.0705. The van der Waals surface area contributed by atoms with Crippen molar-refractivity contribution >= 4 is 82.4 Å². The summed E-state index contributed by atoms with van der Waals surface area (Å²) in [6.45, 7) is 23.4. The number of benzene rings is 2. The third-order valence-electron chi connectivity index (χ3n) is 11.3. The molecule has 0 saturated heterocycles. The van der Waals surface area contributed by atoms with Crippen molar-refractivity contribution in [3.63, 3.8) is 0 Å². The molecular weight excluding hydrogens is 755 g/mol. The van der Waals surface area contributed by atoms with Crippen LogP contribution < -0.4 is 10.4 Å². The molecule has 0 spiro atoms. The zero-order valence-electron chi connectivity index (χ0n) is 31.7. The van der Waals surface area contributed by atoms with Gasteiger partial charge in [0.2, 0.25) is 0 Å². The Kier molecular flexibility index (Phi) is 10.8. The van der Waals surface area contributed by atoms with Gasteiger partial charge in [0.05, 0.1) is 25.7 Å². The fourth-order valence-electron chi connectivity index (χ4n) is 8.91. The van der Waals surface area contributed by atoms with Crippen molar-refractivity contribution in [1.82, 2.24) is 0 Å². The van der Waals surface area contributed by atoms with Gasteiger partial charge in [-0.15, -0.1) is 0 Å². The van der Waals surface area contributed by atoms with Crippen molar-refractivity contribution in [2.24, 2.45) is 0 Å². The van der Waals surface area contributed by atoms with Crippen LogP contribution in [0.2, 0.25) is 69.4 Å². The first kappa shape index (κ1) is 38.9. The highest BCUT2D eigenvalue weighted by atomic mass is 35.5. The van der Waals surface area contributed by atoms with Crippen molar-refractivity contribution in [2.45, 2.75) is 102 Å². The smallest absolute Gasteiger partial charge is 0.0815 e. The Balaban J connectivity index is 1.45. The highest BCUT2D eigenvalue weighted by molar-refractivity contribution is 6.92. The lowest BCUT2D eigenvalue weighted by Gasteiger charge is -2.41. The average molecular weight is 805 g/mol. The van der Waals surface area contributed by atoms with Gasteiger partial charge in [-0.05, 0) is 80.9 Å². The summed E-state index contributed by atoms with van der Waals surface area (Å²) in [4.78, 5) is 0. The minimum atomic E-state index is -1.72. The first-order chi connectivity index (χ1) is 23.8.